The summed E-state index contributed by atoms with van der Waals surface area (Å²) < 4.78 is 0. The number of nitrogens with two attached hydrogens (primary N) is 1. The molecule has 0 aromatic carbocycles. The largest absolute Gasteiger partial charge is 0.348 e. The summed E-state index contributed by atoms with van der Waals surface area (Å²) in [6.07, 6.45) is 1.54. The Labute approximate surface area is 129 Å². The summed E-state index contributed by atoms with van der Waals surface area (Å²) in [6.45, 7) is 4.34. The molecule has 1 aromatic heterocycles. The Hall–Kier alpha value is -1.11. The average Bonchev–Trinajstić information content (AvgIpc) is 2.96. The van der Waals surface area contributed by atoms with E-state index in [9.17, 15) is 9.59 Å². The van der Waals surface area contributed by atoms with Crippen molar-refractivity contribution in [1.82, 2.24) is 10.6 Å². The van der Waals surface area contributed by atoms with Gasteiger partial charge in [-0.05, 0) is 24.3 Å². The molecule has 20 heavy (non-hydrogen) atoms. The summed E-state index contributed by atoms with van der Waals surface area (Å²) in [5.41, 5.74) is 5.34. The molecule has 4 N–H and O–H groups in total. The fourth-order valence-electron chi connectivity index (χ4n) is 1.76. The van der Waals surface area contributed by atoms with E-state index in [1.165, 1.54) is 11.3 Å². The minimum Gasteiger partial charge on any atom is -0.348 e. The first-order chi connectivity index (χ1) is 9.06. The van der Waals surface area contributed by atoms with Gasteiger partial charge in [-0.1, -0.05) is 19.9 Å². The van der Waals surface area contributed by atoms with E-state index in [1.54, 1.807) is 12.1 Å². The monoisotopic (exact) mass is 319 g/mol. The molecule has 114 valence electrons. The second kappa shape index (κ2) is 8.94. The molecule has 0 radical (unpaired) electrons. The van der Waals surface area contributed by atoms with Gasteiger partial charge in [0, 0.05) is 6.54 Å². The summed E-state index contributed by atoms with van der Waals surface area (Å²) in [7, 11) is 0. The van der Waals surface area contributed by atoms with E-state index in [0.717, 1.165) is 12.8 Å². The first-order valence-electron chi connectivity index (χ1n) is 6.39. The van der Waals surface area contributed by atoms with Crippen molar-refractivity contribution in [2.45, 2.75) is 32.2 Å². The predicted octanol–water partition coefficient (Wildman–Crippen LogP) is 1.53. The smallest absolute Gasteiger partial charge is 0.261 e. The predicted molar refractivity (Wildman–Crippen MR) is 84.4 cm³/mol. The Morgan fingerprint density at radius 3 is 2.45 bits per heavy atom. The standard InChI is InChI=1S/C13H21N3O2S.ClH/c1-3-13(4-2,9-14)16-11(17)8-15-12(18)10-6-5-7-19-10;/h5-7H,3-4,8-9,14H2,1-2H3,(H,15,18)(H,16,17);1H. The zero-order valence-electron chi connectivity index (χ0n) is 11.8. The fourth-order valence-corrected chi connectivity index (χ4v) is 2.40. The van der Waals surface area contributed by atoms with Crippen molar-refractivity contribution in [2.24, 2.45) is 5.73 Å². The van der Waals surface area contributed by atoms with Crippen LogP contribution in [0.3, 0.4) is 0 Å². The highest BCUT2D eigenvalue weighted by Crippen LogP contribution is 2.12. The molecule has 1 heterocycles. The van der Waals surface area contributed by atoms with Crippen LogP contribution in [0.5, 0.6) is 0 Å². The number of rotatable bonds is 7. The first kappa shape index (κ1) is 18.9. The van der Waals surface area contributed by atoms with Crippen LogP contribution < -0.4 is 16.4 Å². The van der Waals surface area contributed by atoms with E-state index in [-0.39, 0.29) is 36.3 Å². The fraction of sp³-hybridized carbons (Fsp3) is 0.538. The lowest BCUT2D eigenvalue weighted by Gasteiger charge is -2.31. The zero-order chi connectivity index (χ0) is 14.3. The number of amides is 2. The number of hydrogen-bond donors (Lipinski definition) is 3. The van der Waals surface area contributed by atoms with Gasteiger partial charge in [0.05, 0.1) is 17.0 Å². The lowest BCUT2D eigenvalue weighted by molar-refractivity contribution is -0.122. The van der Waals surface area contributed by atoms with Gasteiger partial charge in [-0.15, -0.1) is 23.7 Å². The third-order valence-corrected chi connectivity index (χ3v) is 4.17. The molecule has 7 heteroatoms. The van der Waals surface area contributed by atoms with Crippen LogP contribution in [0, 0.1) is 0 Å². The molecule has 0 saturated carbocycles. The summed E-state index contributed by atoms with van der Waals surface area (Å²) >= 11 is 1.35. The van der Waals surface area contributed by atoms with Gasteiger partial charge >= 0.3 is 0 Å². The van der Waals surface area contributed by atoms with E-state index < -0.39 is 0 Å². The molecule has 0 aliphatic rings. The van der Waals surface area contributed by atoms with E-state index in [0.29, 0.717) is 11.4 Å². The molecule has 2 amide bonds. The van der Waals surface area contributed by atoms with Crippen LogP contribution in [-0.4, -0.2) is 30.4 Å². The van der Waals surface area contributed by atoms with Gasteiger partial charge in [-0.25, -0.2) is 0 Å². The van der Waals surface area contributed by atoms with E-state index in [1.807, 2.05) is 19.2 Å². The number of carbonyl (C=O) groups excluding carboxylic acids is 2. The van der Waals surface area contributed by atoms with Crippen molar-refractivity contribution in [3.05, 3.63) is 22.4 Å². The quantitative estimate of drug-likeness (QED) is 0.712. The molecular weight excluding hydrogens is 298 g/mol. The minimum absolute atomic E-state index is 0. The number of thiophene rings is 1. The van der Waals surface area contributed by atoms with Gasteiger partial charge in [-0.2, -0.15) is 0 Å². The van der Waals surface area contributed by atoms with Crippen molar-refractivity contribution in [1.29, 1.82) is 0 Å². The van der Waals surface area contributed by atoms with Crippen molar-refractivity contribution < 1.29 is 9.59 Å². The van der Waals surface area contributed by atoms with Crippen LogP contribution in [0.2, 0.25) is 0 Å². The Morgan fingerprint density at radius 1 is 1.35 bits per heavy atom. The van der Waals surface area contributed by atoms with E-state index in [4.69, 9.17) is 5.73 Å². The van der Waals surface area contributed by atoms with Gasteiger partial charge in [0.2, 0.25) is 5.91 Å². The van der Waals surface area contributed by atoms with Gasteiger partial charge in [0.1, 0.15) is 0 Å². The molecule has 0 aliphatic carbocycles. The molecule has 0 saturated heterocycles. The first-order valence-corrected chi connectivity index (χ1v) is 7.27. The summed E-state index contributed by atoms with van der Waals surface area (Å²) in [6, 6.07) is 3.52. The number of hydrogen-bond acceptors (Lipinski definition) is 4. The number of halogens is 1. The van der Waals surface area contributed by atoms with Crippen LogP contribution in [0.1, 0.15) is 36.4 Å². The van der Waals surface area contributed by atoms with Crippen molar-refractivity contribution >= 4 is 35.6 Å². The lowest BCUT2D eigenvalue weighted by atomic mass is 9.93. The third-order valence-electron chi connectivity index (χ3n) is 3.30. The molecule has 0 fully saturated rings. The normalized spacial score (nSPS) is 10.6. The topological polar surface area (TPSA) is 84.2 Å². The van der Waals surface area contributed by atoms with E-state index in [2.05, 4.69) is 10.6 Å². The van der Waals surface area contributed by atoms with Crippen LogP contribution in [0.4, 0.5) is 0 Å². The lowest BCUT2D eigenvalue weighted by Crippen LogP contribution is -2.55. The maximum absolute atomic E-state index is 11.8. The summed E-state index contributed by atoms with van der Waals surface area (Å²) in [5.74, 6) is -0.435. The zero-order valence-corrected chi connectivity index (χ0v) is 13.4. The van der Waals surface area contributed by atoms with E-state index >= 15 is 0 Å². The highest BCUT2D eigenvalue weighted by atomic mass is 35.5. The number of carbonyl (C=O) groups is 2. The van der Waals surface area contributed by atoms with Crippen molar-refractivity contribution in [2.75, 3.05) is 13.1 Å². The second-order valence-corrected chi connectivity index (χ2v) is 5.35. The van der Waals surface area contributed by atoms with Gasteiger partial charge < -0.3 is 16.4 Å². The molecule has 0 aliphatic heterocycles. The maximum Gasteiger partial charge on any atom is 0.261 e. The Bertz CT molecular complexity index is 411. The summed E-state index contributed by atoms with van der Waals surface area (Å²) in [4.78, 5) is 24.1. The molecule has 0 atom stereocenters. The van der Waals surface area contributed by atoms with Gasteiger partial charge in [0.25, 0.3) is 5.91 Å². The summed E-state index contributed by atoms with van der Waals surface area (Å²) in [5, 5.41) is 7.33. The van der Waals surface area contributed by atoms with Crippen molar-refractivity contribution in [3.63, 3.8) is 0 Å². The third kappa shape index (κ3) is 5.11. The molecule has 1 rings (SSSR count). The maximum atomic E-state index is 11.8. The highest BCUT2D eigenvalue weighted by molar-refractivity contribution is 7.12. The van der Waals surface area contributed by atoms with Gasteiger partial charge in [-0.3, -0.25) is 9.59 Å². The molecule has 0 bridgehead atoms. The Morgan fingerprint density at radius 2 is 2.00 bits per heavy atom. The Kier molecular flexibility index (Phi) is 8.45. The van der Waals surface area contributed by atoms with Crippen molar-refractivity contribution in [3.8, 4) is 0 Å². The van der Waals surface area contributed by atoms with Crippen LogP contribution in [-0.2, 0) is 4.79 Å². The van der Waals surface area contributed by atoms with Crippen LogP contribution >= 0.6 is 23.7 Å². The minimum atomic E-state index is -0.370. The Balaban J connectivity index is 0.00000361. The highest BCUT2D eigenvalue weighted by Gasteiger charge is 2.26. The molecular formula is C13H22ClN3O2S. The molecule has 1 aromatic rings. The number of nitrogens with one attached hydrogen (secondary N) is 2. The SMILES string of the molecule is CCC(CC)(CN)NC(=O)CNC(=O)c1cccs1.Cl. The average molecular weight is 320 g/mol. The molecule has 0 unspecified atom stereocenters. The second-order valence-electron chi connectivity index (χ2n) is 4.40. The van der Waals surface area contributed by atoms with Crippen LogP contribution in [0.15, 0.2) is 17.5 Å². The molecule has 0 spiro atoms. The molecule has 5 nitrogen and oxygen atoms in total. The van der Waals surface area contributed by atoms with Crippen LogP contribution in [0.25, 0.3) is 0 Å². The van der Waals surface area contributed by atoms with Gasteiger partial charge in [0.15, 0.2) is 0 Å².